The second-order valence-corrected chi connectivity index (χ2v) is 4.52. The van der Waals surface area contributed by atoms with Crippen molar-refractivity contribution in [3.63, 3.8) is 0 Å². The summed E-state index contributed by atoms with van der Waals surface area (Å²) in [5, 5.41) is 0. The van der Waals surface area contributed by atoms with Gasteiger partial charge >= 0.3 is 0 Å². The summed E-state index contributed by atoms with van der Waals surface area (Å²) in [6.45, 7) is 11.0. The highest BCUT2D eigenvalue weighted by Crippen LogP contribution is 2.21. The molecule has 1 rings (SSSR count). The number of imidazole rings is 1. The molecule has 0 spiro atoms. The van der Waals surface area contributed by atoms with E-state index in [0.717, 1.165) is 11.3 Å². The van der Waals surface area contributed by atoms with Crippen molar-refractivity contribution < 1.29 is 0 Å². The Bertz CT molecular complexity index is 352. The maximum atomic E-state index is 5.17. The zero-order chi connectivity index (χ0) is 10.1. The van der Waals surface area contributed by atoms with Crippen molar-refractivity contribution in [1.29, 1.82) is 0 Å². The minimum Gasteiger partial charge on any atom is -0.337 e. The maximum Gasteiger partial charge on any atom is 0.177 e. The van der Waals surface area contributed by atoms with Crippen LogP contribution in [0.4, 0.5) is 0 Å². The third kappa shape index (κ3) is 2.10. The summed E-state index contributed by atoms with van der Waals surface area (Å²) in [4.78, 5) is 3.06. The topological polar surface area (TPSA) is 20.7 Å². The Morgan fingerprint density at radius 1 is 1.62 bits per heavy atom. The van der Waals surface area contributed by atoms with Crippen LogP contribution < -0.4 is 0 Å². The van der Waals surface area contributed by atoms with E-state index in [9.17, 15) is 0 Å². The Labute approximate surface area is 84.3 Å². The molecule has 0 saturated heterocycles. The molecule has 0 bridgehead atoms. The average molecular weight is 196 g/mol. The minimum absolute atomic E-state index is 0.122. The van der Waals surface area contributed by atoms with E-state index in [0.29, 0.717) is 0 Å². The lowest BCUT2D eigenvalue weighted by molar-refractivity contribution is 0.532. The van der Waals surface area contributed by atoms with Crippen molar-refractivity contribution in [2.75, 3.05) is 0 Å². The van der Waals surface area contributed by atoms with Crippen LogP contribution >= 0.6 is 12.2 Å². The van der Waals surface area contributed by atoms with Crippen molar-refractivity contribution >= 4 is 12.2 Å². The van der Waals surface area contributed by atoms with E-state index in [1.807, 2.05) is 12.3 Å². The summed E-state index contributed by atoms with van der Waals surface area (Å²) in [6, 6.07) is 0. The average Bonchev–Trinajstić information content (AvgIpc) is 2.32. The molecule has 0 unspecified atom stereocenters. The highest BCUT2D eigenvalue weighted by atomic mass is 32.1. The van der Waals surface area contributed by atoms with Gasteiger partial charge < -0.3 is 9.55 Å². The lowest BCUT2D eigenvalue weighted by Crippen LogP contribution is -2.17. The lowest BCUT2D eigenvalue weighted by atomic mass is 9.93. The van der Waals surface area contributed by atoms with Crippen molar-refractivity contribution in [3.8, 4) is 0 Å². The molecule has 3 heteroatoms. The van der Waals surface area contributed by atoms with E-state index in [1.54, 1.807) is 0 Å². The van der Waals surface area contributed by atoms with Crippen LogP contribution in [0.2, 0.25) is 0 Å². The number of allylic oxidation sites excluding steroid dienone is 1. The summed E-state index contributed by atoms with van der Waals surface area (Å²) in [5.41, 5.74) is 1.34. The van der Waals surface area contributed by atoms with Gasteiger partial charge in [-0.2, -0.15) is 0 Å². The number of nitrogens with zero attached hydrogens (tertiary/aromatic N) is 1. The molecule has 72 valence electrons. The summed E-state index contributed by atoms with van der Waals surface area (Å²) in [6.07, 6.45) is 3.84. The number of hydrogen-bond acceptors (Lipinski definition) is 1. The second-order valence-electron chi connectivity index (χ2n) is 4.13. The molecule has 0 atom stereocenters. The SMILES string of the molecule is C=CCn1c(C(C)(C)C)c[nH]c1=S. The number of H-pyrrole nitrogens is 1. The number of nitrogens with one attached hydrogen (secondary N) is 1. The van der Waals surface area contributed by atoms with Gasteiger partial charge in [0.05, 0.1) is 0 Å². The first kappa shape index (κ1) is 10.3. The van der Waals surface area contributed by atoms with Crippen LogP contribution in [0, 0.1) is 4.77 Å². The van der Waals surface area contributed by atoms with Crippen LogP contribution in [-0.2, 0) is 12.0 Å². The first-order valence-electron chi connectivity index (χ1n) is 4.36. The molecular weight excluding hydrogens is 180 g/mol. The number of hydrogen-bond donors (Lipinski definition) is 1. The molecule has 0 fully saturated rings. The van der Waals surface area contributed by atoms with Crippen molar-refractivity contribution in [1.82, 2.24) is 9.55 Å². The van der Waals surface area contributed by atoms with Gasteiger partial charge in [0, 0.05) is 23.9 Å². The third-order valence-corrected chi connectivity index (χ3v) is 2.29. The highest BCUT2D eigenvalue weighted by Gasteiger charge is 2.18. The van der Waals surface area contributed by atoms with Crippen molar-refractivity contribution in [2.24, 2.45) is 0 Å². The van der Waals surface area contributed by atoms with Crippen LogP contribution in [0.3, 0.4) is 0 Å². The fraction of sp³-hybridized carbons (Fsp3) is 0.500. The monoisotopic (exact) mass is 196 g/mol. The predicted molar refractivity (Wildman–Crippen MR) is 58.5 cm³/mol. The molecular formula is C10H16N2S. The standard InChI is InChI=1S/C10H16N2S/c1-5-6-12-8(10(2,3)4)7-11-9(12)13/h5,7H,1,6H2,2-4H3,(H,11,13). The van der Waals surface area contributed by atoms with Gasteiger partial charge in [0.1, 0.15) is 0 Å². The summed E-state index contributed by atoms with van der Waals surface area (Å²) < 4.78 is 2.84. The Balaban J connectivity index is 3.22. The Morgan fingerprint density at radius 2 is 2.23 bits per heavy atom. The second kappa shape index (κ2) is 3.50. The molecule has 0 amide bonds. The molecule has 1 aromatic heterocycles. The largest absolute Gasteiger partial charge is 0.337 e. The summed E-state index contributed by atoms with van der Waals surface area (Å²) >= 11 is 5.17. The third-order valence-electron chi connectivity index (χ3n) is 1.95. The van der Waals surface area contributed by atoms with Crippen LogP contribution in [0.5, 0.6) is 0 Å². The van der Waals surface area contributed by atoms with Gasteiger partial charge in [-0.1, -0.05) is 26.8 Å². The molecule has 1 aromatic rings. The molecule has 0 aromatic carbocycles. The summed E-state index contributed by atoms with van der Waals surface area (Å²) in [7, 11) is 0. The van der Waals surface area contributed by atoms with Gasteiger partial charge in [0.15, 0.2) is 4.77 Å². The molecule has 2 nitrogen and oxygen atoms in total. The molecule has 0 aliphatic rings. The Morgan fingerprint density at radius 3 is 2.69 bits per heavy atom. The lowest BCUT2D eigenvalue weighted by Gasteiger charge is -2.19. The number of aromatic amines is 1. The molecule has 0 radical (unpaired) electrons. The Kier molecular flexibility index (Phi) is 2.76. The van der Waals surface area contributed by atoms with Crippen molar-refractivity contribution in [3.05, 3.63) is 29.3 Å². The van der Waals surface area contributed by atoms with Gasteiger partial charge in [-0.05, 0) is 12.2 Å². The first-order valence-corrected chi connectivity index (χ1v) is 4.77. The van der Waals surface area contributed by atoms with E-state index < -0.39 is 0 Å². The van der Waals surface area contributed by atoms with Crippen molar-refractivity contribution in [2.45, 2.75) is 32.7 Å². The predicted octanol–water partition coefficient (Wildman–Crippen LogP) is 3.03. The summed E-state index contributed by atoms with van der Waals surface area (Å²) in [5.74, 6) is 0. The van der Waals surface area contributed by atoms with Gasteiger partial charge in [-0.3, -0.25) is 0 Å². The highest BCUT2D eigenvalue weighted by molar-refractivity contribution is 7.71. The zero-order valence-corrected chi connectivity index (χ0v) is 9.24. The van der Waals surface area contributed by atoms with Gasteiger partial charge in [0.25, 0.3) is 0 Å². The normalized spacial score (nSPS) is 11.6. The molecule has 1 heterocycles. The molecule has 13 heavy (non-hydrogen) atoms. The molecule has 1 N–H and O–H groups in total. The number of rotatable bonds is 2. The van der Waals surface area contributed by atoms with Gasteiger partial charge in [-0.15, -0.1) is 6.58 Å². The number of aromatic nitrogens is 2. The van der Waals surface area contributed by atoms with Gasteiger partial charge in [0.2, 0.25) is 0 Å². The fourth-order valence-electron chi connectivity index (χ4n) is 1.33. The minimum atomic E-state index is 0.122. The van der Waals surface area contributed by atoms with E-state index in [4.69, 9.17) is 12.2 Å². The fourth-order valence-corrected chi connectivity index (χ4v) is 1.56. The maximum absolute atomic E-state index is 5.17. The van der Waals surface area contributed by atoms with Crippen LogP contribution in [-0.4, -0.2) is 9.55 Å². The Hall–Kier alpha value is -0.830. The smallest absolute Gasteiger partial charge is 0.177 e. The molecule has 0 saturated carbocycles. The first-order chi connectivity index (χ1) is 5.96. The van der Waals surface area contributed by atoms with E-state index in [2.05, 4.69) is 36.9 Å². The zero-order valence-electron chi connectivity index (χ0n) is 8.42. The van der Waals surface area contributed by atoms with E-state index in [1.165, 1.54) is 5.69 Å². The van der Waals surface area contributed by atoms with E-state index >= 15 is 0 Å². The van der Waals surface area contributed by atoms with Crippen LogP contribution in [0.1, 0.15) is 26.5 Å². The van der Waals surface area contributed by atoms with E-state index in [-0.39, 0.29) is 5.41 Å². The van der Waals surface area contributed by atoms with Crippen LogP contribution in [0.25, 0.3) is 0 Å². The molecule has 0 aliphatic heterocycles. The molecule has 0 aliphatic carbocycles. The van der Waals surface area contributed by atoms with Gasteiger partial charge in [-0.25, -0.2) is 0 Å². The quantitative estimate of drug-likeness (QED) is 0.569. The van der Waals surface area contributed by atoms with Crippen LogP contribution in [0.15, 0.2) is 18.9 Å².